The van der Waals surface area contributed by atoms with Crippen LogP contribution in [0.1, 0.15) is 11.1 Å². The Morgan fingerprint density at radius 2 is 1.67 bits per heavy atom. The van der Waals surface area contributed by atoms with Crippen LogP contribution in [-0.2, 0) is 22.0 Å². The van der Waals surface area contributed by atoms with Crippen molar-refractivity contribution in [3.8, 4) is 0 Å². The molecule has 0 aliphatic rings. The van der Waals surface area contributed by atoms with Gasteiger partial charge in [0.1, 0.15) is 12.1 Å². The molecule has 6 heteroatoms. The smallest absolute Gasteiger partial charge is 0.151 e. The minimum absolute atomic E-state index is 0.0691. The van der Waals surface area contributed by atoms with Crippen molar-refractivity contribution >= 4 is 26.6 Å². The molecule has 1 aromatic heterocycles. The highest BCUT2D eigenvalue weighted by Gasteiger charge is 2.09. The van der Waals surface area contributed by atoms with Crippen LogP contribution < -0.4 is 5.32 Å². The zero-order valence-electron chi connectivity index (χ0n) is 13.4. The fraction of sp³-hybridized carbons (Fsp3) is 0.222. The molecule has 0 fully saturated rings. The highest BCUT2D eigenvalue weighted by atomic mass is 32.2. The second kappa shape index (κ2) is 6.97. The van der Waals surface area contributed by atoms with Crippen LogP contribution in [0.25, 0.3) is 10.9 Å². The maximum absolute atomic E-state index is 11.6. The van der Waals surface area contributed by atoms with Crippen LogP contribution in [0.15, 0.2) is 54.9 Å². The zero-order chi connectivity index (χ0) is 17.0. The van der Waals surface area contributed by atoms with E-state index >= 15 is 0 Å². The summed E-state index contributed by atoms with van der Waals surface area (Å²) in [5, 5.41) is 4.30. The van der Waals surface area contributed by atoms with Crippen molar-refractivity contribution in [3.63, 3.8) is 0 Å². The minimum Gasteiger partial charge on any atom is -0.369 e. The number of hydrogen-bond donors (Lipinski definition) is 1. The predicted octanol–water partition coefficient (Wildman–Crippen LogP) is 2.83. The fourth-order valence-electron chi connectivity index (χ4n) is 2.69. The van der Waals surface area contributed by atoms with Gasteiger partial charge in [-0.1, -0.05) is 36.4 Å². The third-order valence-corrected chi connectivity index (χ3v) is 4.60. The first-order chi connectivity index (χ1) is 11.5. The summed E-state index contributed by atoms with van der Waals surface area (Å²) in [5.74, 6) is 0.862. The fourth-order valence-corrected chi connectivity index (χ4v) is 3.53. The Labute approximate surface area is 141 Å². The summed E-state index contributed by atoms with van der Waals surface area (Å²) in [6, 6.07) is 15.5. The van der Waals surface area contributed by atoms with Gasteiger partial charge in [-0.3, -0.25) is 0 Å². The molecule has 0 spiro atoms. The summed E-state index contributed by atoms with van der Waals surface area (Å²) in [6.45, 7) is 0.668. The average Bonchev–Trinajstić information content (AvgIpc) is 2.55. The largest absolute Gasteiger partial charge is 0.369 e. The van der Waals surface area contributed by atoms with Crippen molar-refractivity contribution < 1.29 is 8.42 Å². The molecule has 2 aromatic carbocycles. The molecule has 1 N–H and O–H groups in total. The third-order valence-electron chi connectivity index (χ3n) is 3.77. The lowest BCUT2D eigenvalue weighted by molar-refractivity contribution is 0.601. The van der Waals surface area contributed by atoms with Crippen LogP contribution in [0, 0.1) is 0 Å². The van der Waals surface area contributed by atoms with Crippen molar-refractivity contribution in [1.82, 2.24) is 9.97 Å². The van der Waals surface area contributed by atoms with Crippen LogP contribution in [0.5, 0.6) is 0 Å². The molecule has 0 amide bonds. The van der Waals surface area contributed by atoms with E-state index in [0.29, 0.717) is 6.54 Å². The quantitative estimate of drug-likeness (QED) is 0.746. The first-order valence-corrected chi connectivity index (χ1v) is 9.77. The average molecular weight is 341 g/mol. The van der Waals surface area contributed by atoms with E-state index in [-0.39, 0.29) is 5.75 Å². The molecule has 0 aliphatic carbocycles. The van der Waals surface area contributed by atoms with Crippen LogP contribution in [0.4, 0.5) is 5.82 Å². The van der Waals surface area contributed by atoms with Crippen molar-refractivity contribution in [1.29, 1.82) is 0 Å². The predicted molar refractivity (Wildman–Crippen MR) is 96.7 cm³/mol. The maximum Gasteiger partial charge on any atom is 0.151 e. The van der Waals surface area contributed by atoms with Crippen LogP contribution in [0.2, 0.25) is 0 Å². The van der Waals surface area contributed by atoms with E-state index in [1.54, 1.807) is 6.33 Å². The molecule has 24 heavy (non-hydrogen) atoms. The SMILES string of the molecule is CS(=O)(=O)Cc1ccccc1CCNc1ncnc2ccccc12. The zero-order valence-corrected chi connectivity index (χ0v) is 14.3. The third kappa shape index (κ3) is 4.08. The molecular weight excluding hydrogens is 322 g/mol. The maximum atomic E-state index is 11.6. The van der Waals surface area contributed by atoms with Gasteiger partial charge in [-0.05, 0) is 29.7 Å². The van der Waals surface area contributed by atoms with Crippen molar-refractivity contribution in [3.05, 3.63) is 66.0 Å². The number of benzene rings is 2. The van der Waals surface area contributed by atoms with Crippen LogP contribution in [-0.4, -0.2) is 31.2 Å². The lowest BCUT2D eigenvalue weighted by Crippen LogP contribution is -2.10. The minimum atomic E-state index is -3.05. The Balaban J connectivity index is 1.73. The first kappa shape index (κ1) is 16.4. The molecule has 0 unspecified atom stereocenters. The van der Waals surface area contributed by atoms with E-state index in [1.165, 1.54) is 6.26 Å². The van der Waals surface area contributed by atoms with Crippen LogP contribution >= 0.6 is 0 Å². The molecule has 1 heterocycles. The van der Waals surface area contributed by atoms with Gasteiger partial charge in [0.05, 0.1) is 11.3 Å². The van der Waals surface area contributed by atoms with Gasteiger partial charge in [-0.2, -0.15) is 0 Å². The summed E-state index contributed by atoms with van der Waals surface area (Å²) in [7, 11) is -3.05. The summed E-state index contributed by atoms with van der Waals surface area (Å²) >= 11 is 0. The van der Waals surface area contributed by atoms with E-state index in [2.05, 4.69) is 15.3 Å². The van der Waals surface area contributed by atoms with Gasteiger partial charge in [0.25, 0.3) is 0 Å². The van der Waals surface area contributed by atoms with E-state index in [9.17, 15) is 8.42 Å². The molecule has 0 saturated carbocycles. The van der Waals surface area contributed by atoms with E-state index < -0.39 is 9.84 Å². The molecule has 0 radical (unpaired) electrons. The Morgan fingerprint density at radius 1 is 0.958 bits per heavy atom. The second-order valence-electron chi connectivity index (χ2n) is 5.76. The lowest BCUT2D eigenvalue weighted by Gasteiger charge is -2.11. The van der Waals surface area contributed by atoms with E-state index in [4.69, 9.17) is 0 Å². The lowest BCUT2D eigenvalue weighted by atomic mass is 10.1. The molecule has 0 atom stereocenters. The van der Waals surface area contributed by atoms with Gasteiger partial charge in [-0.15, -0.1) is 0 Å². The Morgan fingerprint density at radius 3 is 2.46 bits per heavy atom. The summed E-state index contributed by atoms with van der Waals surface area (Å²) in [6.07, 6.45) is 3.53. The highest BCUT2D eigenvalue weighted by Crippen LogP contribution is 2.19. The summed E-state index contributed by atoms with van der Waals surface area (Å²) < 4.78 is 23.1. The molecule has 5 nitrogen and oxygen atoms in total. The van der Waals surface area contributed by atoms with Gasteiger partial charge < -0.3 is 5.32 Å². The number of aromatic nitrogens is 2. The number of nitrogens with zero attached hydrogens (tertiary/aromatic N) is 2. The molecule has 0 aliphatic heterocycles. The van der Waals surface area contributed by atoms with Gasteiger partial charge in [-0.25, -0.2) is 18.4 Å². The molecule has 124 valence electrons. The number of rotatable bonds is 6. The standard InChI is InChI=1S/C18H19N3O2S/c1-24(22,23)12-15-7-3-2-6-14(15)10-11-19-18-16-8-4-5-9-17(16)20-13-21-18/h2-9,13H,10-12H2,1H3,(H,19,20,21). The van der Waals surface area contributed by atoms with Crippen LogP contribution in [0.3, 0.4) is 0 Å². The Bertz CT molecular complexity index is 950. The van der Waals surface area contributed by atoms with Crippen molar-refractivity contribution in [2.75, 3.05) is 18.1 Å². The van der Waals surface area contributed by atoms with Gasteiger partial charge in [0.2, 0.25) is 0 Å². The number of nitrogens with one attached hydrogen (secondary N) is 1. The van der Waals surface area contributed by atoms with Gasteiger partial charge in [0, 0.05) is 18.2 Å². The highest BCUT2D eigenvalue weighted by molar-refractivity contribution is 7.89. The van der Waals surface area contributed by atoms with E-state index in [1.807, 2.05) is 48.5 Å². The van der Waals surface area contributed by atoms with Gasteiger partial charge >= 0.3 is 0 Å². The number of hydrogen-bond acceptors (Lipinski definition) is 5. The second-order valence-corrected chi connectivity index (χ2v) is 7.90. The van der Waals surface area contributed by atoms with Crippen molar-refractivity contribution in [2.45, 2.75) is 12.2 Å². The molecule has 0 saturated heterocycles. The van der Waals surface area contributed by atoms with Gasteiger partial charge in [0.15, 0.2) is 9.84 Å². The Hall–Kier alpha value is -2.47. The topological polar surface area (TPSA) is 72.0 Å². The monoisotopic (exact) mass is 341 g/mol. The number of para-hydroxylation sites is 1. The van der Waals surface area contributed by atoms with E-state index in [0.717, 1.165) is 34.3 Å². The molecule has 3 aromatic rings. The summed E-state index contributed by atoms with van der Waals surface area (Å²) in [4.78, 5) is 8.55. The normalized spacial score (nSPS) is 11.5. The number of sulfone groups is 1. The van der Waals surface area contributed by atoms with Crippen molar-refractivity contribution in [2.24, 2.45) is 0 Å². The molecular formula is C18H19N3O2S. The molecule has 0 bridgehead atoms. The Kier molecular flexibility index (Phi) is 4.76. The molecule has 3 rings (SSSR count). The number of fused-ring (bicyclic) bond motifs is 1. The summed E-state index contributed by atoms with van der Waals surface area (Å²) in [5.41, 5.74) is 2.79. The first-order valence-electron chi connectivity index (χ1n) is 7.71. The number of anilines is 1.